The maximum atomic E-state index is 12.4. The van der Waals surface area contributed by atoms with E-state index in [1.165, 1.54) is 36.4 Å². The number of fused-ring (bicyclic) bond motifs is 1. The number of benzene rings is 2. The lowest BCUT2D eigenvalue weighted by Gasteiger charge is -2.27. The number of methoxy groups -OCH3 is 1. The van der Waals surface area contributed by atoms with Crippen molar-refractivity contribution in [2.75, 3.05) is 20.2 Å². The lowest BCUT2D eigenvalue weighted by Crippen LogP contribution is -2.38. The van der Waals surface area contributed by atoms with Crippen LogP contribution in [0.4, 0.5) is 5.69 Å². The standard InChI is InChI=1S/C18H19N3O4.ClH/c1-25-17-7-6-13(10-16(17)21(23)24)18(22)20-11-15-14-5-3-2-4-12(14)8-9-19-15;/h2-7,10,15,19H,8-9,11H2,1H3,(H,20,22);1H. The highest BCUT2D eigenvalue weighted by atomic mass is 35.5. The highest BCUT2D eigenvalue weighted by Crippen LogP contribution is 2.27. The van der Waals surface area contributed by atoms with E-state index < -0.39 is 4.92 Å². The zero-order chi connectivity index (χ0) is 17.8. The van der Waals surface area contributed by atoms with E-state index in [1.807, 2.05) is 12.1 Å². The van der Waals surface area contributed by atoms with Gasteiger partial charge in [0.25, 0.3) is 5.91 Å². The molecule has 138 valence electrons. The maximum Gasteiger partial charge on any atom is 0.311 e. The molecular weight excluding hydrogens is 358 g/mol. The first-order valence-corrected chi connectivity index (χ1v) is 8.02. The first-order chi connectivity index (χ1) is 12.1. The quantitative estimate of drug-likeness (QED) is 0.617. The Labute approximate surface area is 157 Å². The van der Waals surface area contributed by atoms with Gasteiger partial charge in [-0.15, -0.1) is 12.4 Å². The fraction of sp³-hybridized carbons (Fsp3) is 0.278. The van der Waals surface area contributed by atoms with Crippen molar-refractivity contribution >= 4 is 24.0 Å². The summed E-state index contributed by atoms with van der Waals surface area (Å²) in [5.74, 6) is -0.222. The van der Waals surface area contributed by atoms with Gasteiger partial charge in [-0.3, -0.25) is 14.9 Å². The molecule has 1 unspecified atom stereocenters. The van der Waals surface area contributed by atoms with E-state index >= 15 is 0 Å². The molecule has 0 aliphatic carbocycles. The molecule has 2 aromatic rings. The smallest absolute Gasteiger partial charge is 0.311 e. The minimum atomic E-state index is -0.561. The molecule has 2 N–H and O–H groups in total. The highest BCUT2D eigenvalue weighted by Gasteiger charge is 2.21. The van der Waals surface area contributed by atoms with Gasteiger partial charge in [-0.2, -0.15) is 0 Å². The number of rotatable bonds is 5. The number of hydrogen-bond donors (Lipinski definition) is 2. The number of nitro benzene ring substituents is 1. The van der Waals surface area contributed by atoms with Crippen LogP contribution in [-0.4, -0.2) is 31.0 Å². The average molecular weight is 378 g/mol. The zero-order valence-corrected chi connectivity index (χ0v) is 15.0. The summed E-state index contributed by atoms with van der Waals surface area (Å²) in [6.07, 6.45) is 0.964. The van der Waals surface area contributed by atoms with E-state index in [0.717, 1.165) is 13.0 Å². The summed E-state index contributed by atoms with van der Waals surface area (Å²) in [6.45, 7) is 1.27. The molecule has 0 bridgehead atoms. The molecule has 0 spiro atoms. The third-order valence-electron chi connectivity index (χ3n) is 4.32. The molecule has 0 aromatic heterocycles. The van der Waals surface area contributed by atoms with Gasteiger partial charge in [0.15, 0.2) is 5.75 Å². The summed E-state index contributed by atoms with van der Waals surface area (Å²) in [7, 11) is 1.36. The Hall–Kier alpha value is -2.64. The Morgan fingerprint density at radius 3 is 2.85 bits per heavy atom. The van der Waals surface area contributed by atoms with Crippen molar-refractivity contribution in [3.05, 3.63) is 69.3 Å². The summed E-state index contributed by atoms with van der Waals surface area (Å²) in [6, 6.07) is 12.3. The van der Waals surface area contributed by atoms with Crippen LogP contribution in [0, 0.1) is 10.1 Å². The fourth-order valence-electron chi connectivity index (χ4n) is 3.05. The molecule has 7 nitrogen and oxygen atoms in total. The van der Waals surface area contributed by atoms with Crippen molar-refractivity contribution < 1.29 is 14.5 Å². The Morgan fingerprint density at radius 1 is 1.35 bits per heavy atom. The van der Waals surface area contributed by atoms with Crippen molar-refractivity contribution in [3.8, 4) is 5.75 Å². The second-order valence-corrected chi connectivity index (χ2v) is 5.81. The van der Waals surface area contributed by atoms with Crippen molar-refractivity contribution in [2.45, 2.75) is 12.5 Å². The van der Waals surface area contributed by atoms with Crippen molar-refractivity contribution in [1.82, 2.24) is 10.6 Å². The topological polar surface area (TPSA) is 93.5 Å². The lowest BCUT2D eigenvalue weighted by atomic mass is 9.94. The Kier molecular flexibility index (Phi) is 6.54. The normalized spacial score (nSPS) is 15.3. The monoisotopic (exact) mass is 377 g/mol. The van der Waals surface area contributed by atoms with Gasteiger partial charge in [0, 0.05) is 24.2 Å². The average Bonchev–Trinajstić information content (AvgIpc) is 2.65. The van der Waals surface area contributed by atoms with Crippen LogP contribution in [-0.2, 0) is 6.42 Å². The second-order valence-electron chi connectivity index (χ2n) is 5.81. The van der Waals surface area contributed by atoms with Crippen LogP contribution >= 0.6 is 12.4 Å². The van der Waals surface area contributed by atoms with Crippen molar-refractivity contribution in [1.29, 1.82) is 0 Å². The molecule has 26 heavy (non-hydrogen) atoms. The second kappa shape index (κ2) is 8.64. The first kappa shape index (κ1) is 19.7. The summed E-state index contributed by atoms with van der Waals surface area (Å²) >= 11 is 0. The molecule has 0 fully saturated rings. The molecule has 1 aliphatic heterocycles. The predicted octanol–water partition coefficient (Wildman–Crippen LogP) is 2.64. The van der Waals surface area contributed by atoms with Gasteiger partial charge in [0.1, 0.15) is 0 Å². The summed E-state index contributed by atoms with van der Waals surface area (Å²) in [4.78, 5) is 22.9. The molecule has 1 aliphatic rings. The van der Waals surface area contributed by atoms with Crippen molar-refractivity contribution in [2.24, 2.45) is 0 Å². The molecule has 8 heteroatoms. The summed E-state index contributed by atoms with van der Waals surface area (Å²) < 4.78 is 4.95. The molecular formula is C18H20ClN3O4. The van der Waals surface area contributed by atoms with Gasteiger partial charge < -0.3 is 15.4 Å². The van der Waals surface area contributed by atoms with E-state index in [1.54, 1.807) is 0 Å². The van der Waals surface area contributed by atoms with Gasteiger partial charge in [-0.25, -0.2) is 0 Å². The van der Waals surface area contributed by atoms with E-state index in [2.05, 4.69) is 22.8 Å². The van der Waals surface area contributed by atoms with Gasteiger partial charge >= 0.3 is 5.69 Å². The minimum Gasteiger partial charge on any atom is -0.490 e. The number of amides is 1. The molecule has 0 saturated heterocycles. The Bertz CT molecular complexity index is 813. The van der Waals surface area contributed by atoms with Crippen LogP contribution in [0.2, 0.25) is 0 Å². The number of nitro groups is 1. The molecule has 1 atom stereocenters. The molecule has 1 amide bonds. The largest absolute Gasteiger partial charge is 0.490 e. The van der Waals surface area contributed by atoms with Crippen LogP contribution in [0.15, 0.2) is 42.5 Å². The third kappa shape index (κ3) is 4.12. The number of halogens is 1. The SMILES string of the molecule is COc1ccc(C(=O)NCC2NCCc3ccccc32)cc1[N+](=O)[O-].Cl. The predicted molar refractivity (Wildman–Crippen MR) is 100 cm³/mol. The molecule has 0 radical (unpaired) electrons. The van der Waals surface area contributed by atoms with Crippen LogP contribution in [0.25, 0.3) is 0 Å². The van der Waals surface area contributed by atoms with Crippen LogP contribution in [0.1, 0.15) is 27.5 Å². The molecule has 3 rings (SSSR count). The van der Waals surface area contributed by atoms with E-state index in [0.29, 0.717) is 6.54 Å². The highest BCUT2D eigenvalue weighted by molar-refractivity contribution is 5.95. The van der Waals surface area contributed by atoms with Crippen molar-refractivity contribution in [3.63, 3.8) is 0 Å². The van der Waals surface area contributed by atoms with E-state index in [9.17, 15) is 14.9 Å². The summed E-state index contributed by atoms with van der Waals surface area (Å²) in [5.41, 5.74) is 2.46. The molecule has 1 heterocycles. The minimum absolute atomic E-state index is 0. The van der Waals surface area contributed by atoms with Gasteiger partial charge in [0.05, 0.1) is 12.0 Å². The van der Waals surface area contributed by atoms with Gasteiger partial charge in [-0.05, 0) is 36.2 Å². The number of carbonyl (C=O) groups excluding carboxylic acids is 1. The van der Waals surface area contributed by atoms with Crippen LogP contribution in [0.5, 0.6) is 5.75 Å². The number of nitrogens with one attached hydrogen (secondary N) is 2. The number of ether oxygens (including phenoxy) is 1. The van der Waals surface area contributed by atoms with Crippen LogP contribution < -0.4 is 15.4 Å². The van der Waals surface area contributed by atoms with E-state index in [4.69, 9.17) is 4.74 Å². The third-order valence-corrected chi connectivity index (χ3v) is 4.32. The number of hydrogen-bond acceptors (Lipinski definition) is 5. The first-order valence-electron chi connectivity index (χ1n) is 8.02. The number of nitrogens with zero attached hydrogens (tertiary/aromatic N) is 1. The van der Waals surface area contributed by atoms with E-state index in [-0.39, 0.29) is 41.4 Å². The maximum absolute atomic E-state index is 12.4. The van der Waals surface area contributed by atoms with Crippen LogP contribution in [0.3, 0.4) is 0 Å². The van der Waals surface area contributed by atoms with Gasteiger partial charge in [0.2, 0.25) is 0 Å². The molecule has 2 aromatic carbocycles. The zero-order valence-electron chi connectivity index (χ0n) is 14.2. The fourth-order valence-corrected chi connectivity index (χ4v) is 3.05. The number of carbonyl (C=O) groups is 1. The Balaban J connectivity index is 0.00000243. The Morgan fingerprint density at radius 2 is 2.12 bits per heavy atom. The molecule has 0 saturated carbocycles. The summed E-state index contributed by atoms with van der Waals surface area (Å²) in [5, 5.41) is 17.3. The lowest BCUT2D eigenvalue weighted by molar-refractivity contribution is -0.385. The van der Waals surface area contributed by atoms with Gasteiger partial charge in [-0.1, -0.05) is 24.3 Å².